The number of aromatic nitrogens is 1. The first-order valence-electron chi connectivity index (χ1n) is 9.24. The van der Waals surface area contributed by atoms with Crippen LogP contribution in [0.1, 0.15) is 60.9 Å². The number of hydrogen-bond donors (Lipinski definition) is 1. The molecule has 0 saturated carbocycles. The van der Waals surface area contributed by atoms with Gasteiger partial charge in [0, 0.05) is 55.2 Å². The molecule has 0 bridgehead atoms. The fraction of sp³-hybridized carbons (Fsp3) is 0.476. The zero-order valence-corrected chi connectivity index (χ0v) is 16.2. The molecule has 25 heavy (non-hydrogen) atoms. The molecule has 1 saturated heterocycles. The molecule has 2 aromatic rings. The number of carbonyl (C=O) groups excluding carboxylic acids is 1. The van der Waals surface area contributed by atoms with E-state index in [0.717, 1.165) is 60.2 Å². The summed E-state index contributed by atoms with van der Waals surface area (Å²) in [6.45, 7) is 18.4. The molecule has 0 aliphatic carbocycles. The topological polar surface area (TPSA) is 36.8 Å². The predicted molar refractivity (Wildman–Crippen MR) is 106 cm³/mol. The van der Waals surface area contributed by atoms with Crippen LogP contribution in [0.3, 0.4) is 0 Å². The van der Waals surface area contributed by atoms with Crippen LogP contribution in [0.2, 0.25) is 0 Å². The number of hydrogen-bond acceptors (Lipinski definition) is 3. The Bertz CT molecular complexity index is 754. The number of nitrogens with zero attached hydrogens (tertiary/aromatic N) is 2. The molecule has 0 amide bonds. The van der Waals surface area contributed by atoms with Crippen LogP contribution in [0.15, 0.2) is 24.9 Å². The number of pyridine rings is 1. The zero-order valence-electron chi connectivity index (χ0n) is 16.2. The lowest BCUT2D eigenvalue weighted by molar-refractivity contribution is 0.112. The minimum atomic E-state index is 0.268. The van der Waals surface area contributed by atoms with Crippen LogP contribution in [0.4, 0.5) is 0 Å². The van der Waals surface area contributed by atoms with Crippen molar-refractivity contribution < 1.29 is 4.79 Å². The highest BCUT2D eigenvalue weighted by Gasteiger charge is 2.23. The standard InChI is InChI=1S/C19H25N3O.C2H6/c1-13(2)16-9-18-10-17(12-23)14(3)19(22(18)11-16)15(4)21-7-5-20-6-8-21;1-2/h9-12,15,20H,1,5-8H2,2-4H3;1-2H3. The van der Waals surface area contributed by atoms with Crippen molar-refractivity contribution in [2.45, 2.75) is 40.7 Å². The lowest BCUT2D eigenvalue weighted by atomic mass is 10.0. The van der Waals surface area contributed by atoms with Gasteiger partial charge in [0.15, 0.2) is 0 Å². The first-order chi connectivity index (χ1) is 12.0. The second-order valence-corrected chi connectivity index (χ2v) is 6.49. The van der Waals surface area contributed by atoms with Gasteiger partial charge in [0.1, 0.15) is 6.29 Å². The molecule has 0 radical (unpaired) electrons. The van der Waals surface area contributed by atoms with Gasteiger partial charge in [-0.15, -0.1) is 0 Å². The minimum absolute atomic E-state index is 0.268. The number of nitrogens with one attached hydrogen (secondary N) is 1. The van der Waals surface area contributed by atoms with Crippen molar-refractivity contribution in [1.29, 1.82) is 0 Å². The van der Waals surface area contributed by atoms with Gasteiger partial charge in [-0.2, -0.15) is 0 Å². The van der Waals surface area contributed by atoms with E-state index in [1.165, 1.54) is 5.69 Å². The molecule has 4 heteroatoms. The molecule has 1 fully saturated rings. The summed E-state index contributed by atoms with van der Waals surface area (Å²) in [5.74, 6) is 0. The maximum atomic E-state index is 11.5. The second kappa shape index (κ2) is 8.45. The molecule has 1 aliphatic rings. The quantitative estimate of drug-likeness (QED) is 0.851. The van der Waals surface area contributed by atoms with Crippen LogP contribution < -0.4 is 5.32 Å². The van der Waals surface area contributed by atoms with Crippen LogP contribution >= 0.6 is 0 Å². The molecule has 4 nitrogen and oxygen atoms in total. The Morgan fingerprint density at radius 3 is 2.48 bits per heavy atom. The normalized spacial score (nSPS) is 16.2. The summed E-state index contributed by atoms with van der Waals surface area (Å²) in [6, 6.07) is 4.36. The van der Waals surface area contributed by atoms with Crippen LogP contribution in [0.5, 0.6) is 0 Å². The molecular formula is C21H31N3O. The first kappa shape index (κ1) is 19.4. The van der Waals surface area contributed by atoms with Crippen molar-refractivity contribution in [2.75, 3.05) is 26.2 Å². The molecular weight excluding hydrogens is 310 g/mol. The largest absolute Gasteiger partial charge is 0.318 e. The van der Waals surface area contributed by atoms with Gasteiger partial charge < -0.3 is 9.72 Å². The second-order valence-electron chi connectivity index (χ2n) is 6.49. The van der Waals surface area contributed by atoms with Crippen molar-refractivity contribution in [3.63, 3.8) is 0 Å². The van der Waals surface area contributed by atoms with E-state index in [4.69, 9.17) is 0 Å². The van der Waals surface area contributed by atoms with E-state index in [1.807, 2.05) is 26.8 Å². The van der Waals surface area contributed by atoms with Gasteiger partial charge in [-0.1, -0.05) is 20.4 Å². The van der Waals surface area contributed by atoms with Crippen LogP contribution in [-0.2, 0) is 0 Å². The Kier molecular flexibility index (Phi) is 6.57. The average Bonchev–Trinajstić information content (AvgIpc) is 3.07. The summed E-state index contributed by atoms with van der Waals surface area (Å²) >= 11 is 0. The van der Waals surface area contributed by atoms with Crippen molar-refractivity contribution in [1.82, 2.24) is 14.6 Å². The van der Waals surface area contributed by atoms with Gasteiger partial charge in [0.05, 0.1) is 0 Å². The highest BCUT2D eigenvalue weighted by Crippen LogP contribution is 2.29. The summed E-state index contributed by atoms with van der Waals surface area (Å²) in [4.78, 5) is 14.0. The van der Waals surface area contributed by atoms with E-state index in [2.05, 4.69) is 47.3 Å². The van der Waals surface area contributed by atoms with Crippen molar-refractivity contribution >= 4 is 17.4 Å². The highest BCUT2D eigenvalue weighted by atomic mass is 16.1. The Morgan fingerprint density at radius 2 is 1.92 bits per heavy atom. The first-order valence-corrected chi connectivity index (χ1v) is 9.24. The van der Waals surface area contributed by atoms with Gasteiger partial charge in [0.25, 0.3) is 0 Å². The Labute approximate surface area is 151 Å². The maximum Gasteiger partial charge on any atom is 0.150 e. The maximum absolute atomic E-state index is 11.5. The summed E-state index contributed by atoms with van der Waals surface area (Å²) in [5, 5.41) is 3.40. The average molecular weight is 341 g/mol. The van der Waals surface area contributed by atoms with Crippen molar-refractivity contribution in [3.05, 3.63) is 47.3 Å². The molecule has 2 aromatic heterocycles. The van der Waals surface area contributed by atoms with E-state index in [0.29, 0.717) is 0 Å². The highest BCUT2D eigenvalue weighted by molar-refractivity contribution is 5.81. The van der Waals surface area contributed by atoms with Crippen LogP contribution in [-0.4, -0.2) is 41.8 Å². The summed E-state index contributed by atoms with van der Waals surface area (Å²) in [7, 11) is 0. The molecule has 0 aromatic carbocycles. The smallest absolute Gasteiger partial charge is 0.150 e. The van der Waals surface area contributed by atoms with E-state index < -0.39 is 0 Å². The molecule has 1 atom stereocenters. The lowest BCUT2D eigenvalue weighted by Crippen LogP contribution is -2.45. The summed E-state index contributed by atoms with van der Waals surface area (Å²) < 4.78 is 2.24. The molecule has 3 heterocycles. The molecule has 136 valence electrons. The monoisotopic (exact) mass is 341 g/mol. The number of allylic oxidation sites excluding steroid dienone is 1. The van der Waals surface area contributed by atoms with Gasteiger partial charge >= 0.3 is 0 Å². The molecule has 1 unspecified atom stereocenters. The van der Waals surface area contributed by atoms with E-state index in [-0.39, 0.29) is 6.04 Å². The summed E-state index contributed by atoms with van der Waals surface area (Å²) in [5.41, 5.74) is 6.29. The Morgan fingerprint density at radius 1 is 1.28 bits per heavy atom. The minimum Gasteiger partial charge on any atom is -0.318 e. The third-order valence-corrected chi connectivity index (χ3v) is 4.94. The van der Waals surface area contributed by atoms with Gasteiger partial charge in [-0.3, -0.25) is 9.69 Å². The van der Waals surface area contributed by atoms with Crippen molar-refractivity contribution in [3.8, 4) is 0 Å². The fourth-order valence-electron chi connectivity index (χ4n) is 3.51. The zero-order chi connectivity index (χ0) is 18.6. The number of carbonyl (C=O) groups is 1. The third kappa shape index (κ3) is 3.86. The number of rotatable bonds is 4. The molecule has 1 aliphatic heterocycles. The molecule has 3 rings (SSSR count). The van der Waals surface area contributed by atoms with Gasteiger partial charge in [-0.25, -0.2) is 0 Å². The molecule has 0 spiro atoms. The van der Waals surface area contributed by atoms with Gasteiger partial charge in [-0.05, 0) is 49.6 Å². The van der Waals surface area contributed by atoms with E-state index >= 15 is 0 Å². The van der Waals surface area contributed by atoms with E-state index in [9.17, 15) is 4.79 Å². The number of piperazine rings is 1. The molecule has 1 N–H and O–H groups in total. The number of aldehydes is 1. The van der Waals surface area contributed by atoms with Crippen LogP contribution in [0, 0.1) is 6.92 Å². The Hall–Kier alpha value is -1.91. The predicted octanol–water partition coefficient (Wildman–Crippen LogP) is 4.09. The summed E-state index contributed by atoms with van der Waals surface area (Å²) in [6.07, 6.45) is 3.12. The fourth-order valence-corrected chi connectivity index (χ4v) is 3.51. The van der Waals surface area contributed by atoms with Crippen LogP contribution in [0.25, 0.3) is 11.1 Å². The van der Waals surface area contributed by atoms with Crippen molar-refractivity contribution in [2.24, 2.45) is 0 Å². The Balaban J connectivity index is 0.00000109. The van der Waals surface area contributed by atoms with E-state index in [1.54, 1.807) is 0 Å². The SMILES string of the molecule is C=C(C)c1cc2cc(C=O)c(C)c(C(C)N3CCNCC3)n2c1.CC. The number of fused-ring (bicyclic) bond motifs is 1. The lowest BCUT2D eigenvalue weighted by Gasteiger charge is -2.34. The van der Waals surface area contributed by atoms with Gasteiger partial charge in [0.2, 0.25) is 0 Å². The third-order valence-electron chi connectivity index (χ3n) is 4.94.